The van der Waals surface area contributed by atoms with Crippen molar-refractivity contribution in [3.63, 3.8) is 0 Å². The van der Waals surface area contributed by atoms with Crippen molar-refractivity contribution >= 4 is 28.0 Å². The number of carbonyl (C=O) groups is 1. The summed E-state index contributed by atoms with van der Waals surface area (Å²) in [6, 6.07) is 10.7. The maximum atomic E-state index is 14.2. The van der Waals surface area contributed by atoms with Gasteiger partial charge in [0.15, 0.2) is 28.9 Å². The molecular formula is C26H20F3N7O2. The molecule has 0 bridgehead atoms. The molecule has 2 aromatic carbocycles. The average Bonchev–Trinajstić information content (AvgIpc) is 3.52. The van der Waals surface area contributed by atoms with Crippen molar-refractivity contribution < 1.29 is 22.7 Å². The lowest BCUT2D eigenvalue weighted by Gasteiger charge is -2.09. The van der Waals surface area contributed by atoms with Crippen LogP contribution in [-0.2, 0) is 7.05 Å². The van der Waals surface area contributed by atoms with Crippen molar-refractivity contribution in [2.45, 2.75) is 12.8 Å². The highest BCUT2D eigenvalue weighted by molar-refractivity contribution is 5.97. The third-order valence-electron chi connectivity index (χ3n) is 6.13. The largest absolute Gasteiger partial charge is 0.489 e. The number of halogens is 3. The number of ether oxygens (including phenoxy) is 1. The van der Waals surface area contributed by atoms with E-state index >= 15 is 0 Å². The number of aryl methyl sites for hydroxylation is 1. The number of benzene rings is 2. The predicted molar refractivity (Wildman–Crippen MR) is 131 cm³/mol. The van der Waals surface area contributed by atoms with Crippen LogP contribution in [0.5, 0.6) is 5.75 Å². The van der Waals surface area contributed by atoms with Gasteiger partial charge < -0.3 is 19.6 Å². The first-order valence-corrected chi connectivity index (χ1v) is 11.5. The van der Waals surface area contributed by atoms with Gasteiger partial charge in [0.1, 0.15) is 35.4 Å². The zero-order valence-corrected chi connectivity index (χ0v) is 20.2. The summed E-state index contributed by atoms with van der Waals surface area (Å²) in [6.07, 6.45) is 1.49. The molecule has 0 radical (unpaired) electrons. The van der Waals surface area contributed by atoms with E-state index in [-0.39, 0.29) is 41.6 Å². The fraction of sp³-hybridized carbons (Fsp3) is 0.192. The second kappa shape index (κ2) is 9.85. The van der Waals surface area contributed by atoms with E-state index in [0.29, 0.717) is 34.2 Å². The molecule has 0 saturated carbocycles. The Labute approximate surface area is 213 Å². The van der Waals surface area contributed by atoms with Gasteiger partial charge in [0.05, 0.1) is 23.5 Å². The van der Waals surface area contributed by atoms with Gasteiger partial charge in [0.25, 0.3) is 5.91 Å². The number of hydrogen-bond donors (Lipinski definition) is 2. The van der Waals surface area contributed by atoms with Gasteiger partial charge in [-0.25, -0.2) is 28.1 Å². The van der Waals surface area contributed by atoms with Gasteiger partial charge in [-0.05, 0) is 37.3 Å². The molecule has 2 N–H and O–H groups in total. The van der Waals surface area contributed by atoms with E-state index in [1.807, 2.05) is 6.07 Å². The van der Waals surface area contributed by atoms with Gasteiger partial charge in [-0.1, -0.05) is 0 Å². The molecule has 192 valence electrons. The maximum Gasteiger partial charge on any atom is 0.251 e. The molecule has 5 aromatic rings. The third-order valence-corrected chi connectivity index (χ3v) is 6.13. The molecule has 0 aliphatic rings. The summed E-state index contributed by atoms with van der Waals surface area (Å²) in [5.74, 6) is -3.26. The maximum absolute atomic E-state index is 14.2. The van der Waals surface area contributed by atoms with Gasteiger partial charge in [-0.3, -0.25) is 4.79 Å². The van der Waals surface area contributed by atoms with Crippen LogP contribution >= 0.6 is 0 Å². The van der Waals surface area contributed by atoms with Crippen LogP contribution in [0, 0.1) is 28.8 Å². The number of aromatic nitrogens is 5. The highest BCUT2D eigenvalue weighted by Crippen LogP contribution is 2.29. The summed E-state index contributed by atoms with van der Waals surface area (Å²) in [5.41, 5.74) is 1.18. The summed E-state index contributed by atoms with van der Waals surface area (Å²) in [4.78, 5) is 28.0. The van der Waals surface area contributed by atoms with E-state index in [4.69, 9.17) is 10.00 Å². The Kier molecular flexibility index (Phi) is 6.42. The Hall–Kier alpha value is -4.92. The average molecular weight is 519 g/mol. The number of carbonyl (C=O) groups excluding carboxylic acids is 1. The minimum atomic E-state index is -1.30. The van der Waals surface area contributed by atoms with Crippen LogP contribution in [-0.4, -0.2) is 43.6 Å². The molecule has 0 fully saturated rings. The van der Waals surface area contributed by atoms with Crippen LogP contribution in [0.3, 0.4) is 0 Å². The third kappa shape index (κ3) is 4.39. The molecule has 1 atom stereocenters. The Bertz CT molecular complexity index is 1740. The molecule has 1 unspecified atom stereocenters. The molecule has 0 aliphatic carbocycles. The second-order valence-corrected chi connectivity index (χ2v) is 8.52. The number of aromatic amines is 1. The molecule has 3 heterocycles. The fourth-order valence-electron chi connectivity index (χ4n) is 4.17. The normalized spacial score (nSPS) is 12.0. The first-order valence-electron chi connectivity index (χ1n) is 11.5. The topological polar surface area (TPSA) is 122 Å². The molecule has 0 spiro atoms. The number of nitrogens with zero attached hydrogens (tertiary/aromatic N) is 5. The Morgan fingerprint density at radius 3 is 2.82 bits per heavy atom. The van der Waals surface area contributed by atoms with E-state index in [9.17, 15) is 18.0 Å². The minimum absolute atomic E-state index is 0.143. The standard InChI is InChI=1S/C26H20F3N7O2/c1-13(24-34-22-16(28)11-15(27)21(29)23(22)35-24)25-33-17-6-5-14(10-19(17)36(25)2)26(37)32-8-9-38-20-4-3-7-31-18(20)12-30/h3-7,10-11,13H,8-9H2,1-2H3,(H,32,37)(H,34,35). The highest BCUT2D eigenvalue weighted by atomic mass is 19.2. The van der Waals surface area contributed by atoms with Crippen molar-refractivity contribution in [3.8, 4) is 11.8 Å². The Morgan fingerprint density at radius 1 is 1.21 bits per heavy atom. The second-order valence-electron chi connectivity index (χ2n) is 8.52. The lowest BCUT2D eigenvalue weighted by Crippen LogP contribution is -2.28. The molecule has 38 heavy (non-hydrogen) atoms. The van der Waals surface area contributed by atoms with Crippen LogP contribution in [0.2, 0.25) is 0 Å². The summed E-state index contributed by atoms with van der Waals surface area (Å²) < 4.78 is 49.2. The van der Waals surface area contributed by atoms with Gasteiger partial charge in [0, 0.05) is 24.9 Å². The van der Waals surface area contributed by atoms with Gasteiger partial charge in [0.2, 0.25) is 0 Å². The summed E-state index contributed by atoms with van der Waals surface area (Å²) in [5, 5.41) is 11.8. The smallest absolute Gasteiger partial charge is 0.251 e. The van der Waals surface area contributed by atoms with Crippen LogP contribution < -0.4 is 10.1 Å². The highest BCUT2D eigenvalue weighted by Gasteiger charge is 2.23. The molecule has 9 nitrogen and oxygen atoms in total. The van der Waals surface area contributed by atoms with Gasteiger partial charge in [-0.15, -0.1) is 0 Å². The van der Waals surface area contributed by atoms with E-state index in [1.54, 1.807) is 48.9 Å². The molecule has 3 aromatic heterocycles. The molecule has 1 amide bonds. The van der Waals surface area contributed by atoms with Crippen LogP contribution in [0.4, 0.5) is 13.2 Å². The SMILES string of the molecule is CC(c1nc2c(F)cc(F)c(F)c2[nH]1)c1nc2ccc(C(=O)NCCOc3cccnc3C#N)cc2n1C. The molecule has 5 rings (SSSR count). The summed E-state index contributed by atoms with van der Waals surface area (Å²) in [6.45, 7) is 2.09. The van der Waals surface area contributed by atoms with Crippen molar-refractivity contribution in [2.75, 3.05) is 13.2 Å². The molecular weight excluding hydrogens is 499 g/mol. The van der Waals surface area contributed by atoms with Crippen molar-refractivity contribution in [3.05, 3.63) is 83.0 Å². The Morgan fingerprint density at radius 2 is 2.03 bits per heavy atom. The van der Waals surface area contributed by atoms with E-state index < -0.39 is 23.4 Å². The minimum Gasteiger partial charge on any atom is -0.489 e. The zero-order chi connectivity index (χ0) is 27.0. The van der Waals surface area contributed by atoms with Crippen LogP contribution in [0.15, 0.2) is 42.6 Å². The number of rotatable bonds is 7. The van der Waals surface area contributed by atoms with Crippen LogP contribution in [0.25, 0.3) is 22.1 Å². The predicted octanol–water partition coefficient (Wildman–Crippen LogP) is 4.09. The van der Waals surface area contributed by atoms with E-state index in [1.165, 1.54) is 6.20 Å². The molecule has 0 saturated heterocycles. The number of nitriles is 1. The number of pyridine rings is 1. The number of imidazole rings is 2. The van der Waals surface area contributed by atoms with Crippen molar-refractivity contribution in [1.82, 2.24) is 29.8 Å². The number of amides is 1. The first kappa shape index (κ1) is 24.8. The molecule has 0 aliphatic heterocycles. The number of H-pyrrole nitrogens is 1. The van der Waals surface area contributed by atoms with Gasteiger partial charge in [-0.2, -0.15) is 5.26 Å². The lowest BCUT2D eigenvalue weighted by atomic mass is 10.1. The van der Waals surface area contributed by atoms with Gasteiger partial charge >= 0.3 is 0 Å². The van der Waals surface area contributed by atoms with E-state index in [0.717, 1.165) is 0 Å². The summed E-state index contributed by atoms with van der Waals surface area (Å²) in [7, 11) is 1.75. The van der Waals surface area contributed by atoms with E-state index in [2.05, 4.69) is 25.3 Å². The number of nitrogens with one attached hydrogen (secondary N) is 2. The number of fused-ring (bicyclic) bond motifs is 2. The fourth-order valence-corrected chi connectivity index (χ4v) is 4.17. The lowest BCUT2D eigenvalue weighted by molar-refractivity contribution is 0.0947. The first-order chi connectivity index (χ1) is 18.3. The zero-order valence-electron chi connectivity index (χ0n) is 20.2. The molecule has 12 heteroatoms. The summed E-state index contributed by atoms with van der Waals surface area (Å²) >= 11 is 0. The van der Waals surface area contributed by atoms with Crippen molar-refractivity contribution in [1.29, 1.82) is 5.26 Å². The number of hydrogen-bond acceptors (Lipinski definition) is 6. The van der Waals surface area contributed by atoms with Crippen LogP contribution in [0.1, 0.15) is 40.5 Å². The van der Waals surface area contributed by atoms with Crippen molar-refractivity contribution in [2.24, 2.45) is 7.05 Å². The monoisotopic (exact) mass is 519 g/mol. The Balaban J connectivity index is 1.32. The quantitative estimate of drug-likeness (QED) is 0.247.